The molecule has 0 saturated heterocycles. The fraction of sp³-hybridized carbons (Fsp3) is 0.235. The van der Waals surface area contributed by atoms with Gasteiger partial charge in [0.15, 0.2) is 9.84 Å². The van der Waals surface area contributed by atoms with Crippen LogP contribution < -0.4 is 5.73 Å². The molecule has 132 valence electrons. The molecule has 8 heteroatoms. The second-order valence-electron chi connectivity index (χ2n) is 6.00. The number of nitrogens with two attached hydrogens (primary N) is 1. The van der Waals surface area contributed by atoms with Crippen LogP contribution in [0.15, 0.2) is 53.4 Å². The van der Waals surface area contributed by atoms with Crippen LogP contribution in [0.25, 0.3) is 0 Å². The van der Waals surface area contributed by atoms with E-state index in [-0.39, 0.29) is 11.4 Å². The highest BCUT2D eigenvalue weighted by Crippen LogP contribution is 2.63. The molecule has 3 rings (SSSR count). The summed E-state index contributed by atoms with van der Waals surface area (Å²) in [6.07, 6.45) is 0. The average molecular weight is 400 g/mol. The van der Waals surface area contributed by atoms with Gasteiger partial charge in [-0.15, -0.1) is 0 Å². The number of carboxylic acids is 1. The molecule has 2 aromatic carbocycles. The molecule has 0 aromatic heterocycles. The van der Waals surface area contributed by atoms with Crippen LogP contribution in [0.1, 0.15) is 11.5 Å². The van der Waals surface area contributed by atoms with Crippen molar-refractivity contribution in [2.75, 3.05) is 6.54 Å². The summed E-state index contributed by atoms with van der Waals surface area (Å²) in [5.41, 5.74) is 4.74. The lowest BCUT2D eigenvalue weighted by atomic mass is 9.99. The van der Waals surface area contributed by atoms with Crippen LogP contribution in [0, 0.1) is 5.41 Å². The summed E-state index contributed by atoms with van der Waals surface area (Å²) in [4.78, 5) is 11.9. The maximum Gasteiger partial charge on any atom is 0.312 e. The Kier molecular flexibility index (Phi) is 4.58. The van der Waals surface area contributed by atoms with Crippen LogP contribution in [0.4, 0.5) is 0 Å². The maximum atomic E-state index is 13.0. The van der Waals surface area contributed by atoms with Gasteiger partial charge < -0.3 is 10.8 Å². The van der Waals surface area contributed by atoms with Gasteiger partial charge in [0.25, 0.3) is 0 Å². The molecule has 0 heterocycles. The SMILES string of the molecule is NC[C@]1(C(=O)O)[C@@H](c2ccc(Cl)cc2)[C@@H]1S(=O)(=O)c1ccc(Cl)cc1. The minimum atomic E-state index is -3.91. The Labute approximate surface area is 155 Å². The molecule has 3 atom stereocenters. The van der Waals surface area contributed by atoms with Gasteiger partial charge in [-0.05, 0) is 42.0 Å². The number of halogens is 2. The van der Waals surface area contributed by atoms with Gasteiger partial charge in [-0.25, -0.2) is 8.42 Å². The molecule has 3 N–H and O–H groups in total. The maximum absolute atomic E-state index is 13.0. The highest BCUT2D eigenvalue weighted by atomic mass is 35.5. The third-order valence-corrected chi connectivity index (χ3v) is 7.49. The van der Waals surface area contributed by atoms with Crippen molar-refractivity contribution >= 4 is 39.0 Å². The Bertz CT molecular complexity index is 913. The second-order valence-corrected chi connectivity index (χ2v) is 8.94. The zero-order valence-corrected chi connectivity index (χ0v) is 15.2. The number of rotatable bonds is 5. The zero-order valence-electron chi connectivity index (χ0n) is 12.9. The largest absolute Gasteiger partial charge is 0.481 e. The number of hydrogen-bond donors (Lipinski definition) is 2. The van der Waals surface area contributed by atoms with Gasteiger partial charge in [0.1, 0.15) is 5.41 Å². The summed E-state index contributed by atoms with van der Waals surface area (Å²) in [7, 11) is -3.91. The third-order valence-electron chi connectivity index (χ3n) is 4.70. The van der Waals surface area contributed by atoms with Crippen LogP contribution >= 0.6 is 23.2 Å². The van der Waals surface area contributed by atoms with E-state index in [1.165, 1.54) is 24.3 Å². The molecule has 0 unspecified atom stereocenters. The summed E-state index contributed by atoms with van der Waals surface area (Å²) >= 11 is 11.7. The zero-order chi connectivity index (χ0) is 18.4. The van der Waals surface area contributed by atoms with E-state index >= 15 is 0 Å². The number of hydrogen-bond acceptors (Lipinski definition) is 4. The first-order chi connectivity index (χ1) is 11.7. The fourth-order valence-corrected chi connectivity index (χ4v) is 6.00. The molecule has 5 nitrogen and oxygen atoms in total. The van der Waals surface area contributed by atoms with Crippen LogP contribution in [0.3, 0.4) is 0 Å². The lowest BCUT2D eigenvalue weighted by Gasteiger charge is -2.10. The van der Waals surface area contributed by atoms with Crippen molar-refractivity contribution in [3.63, 3.8) is 0 Å². The van der Waals surface area contributed by atoms with Crippen LogP contribution in [0.2, 0.25) is 10.0 Å². The minimum absolute atomic E-state index is 0.0254. The minimum Gasteiger partial charge on any atom is -0.481 e. The summed E-state index contributed by atoms with van der Waals surface area (Å²) < 4.78 is 26.1. The first kappa shape index (κ1) is 18.2. The molecule has 0 aliphatic heterocycles. The number of carboxylic acid groups (broad SMARTS) is 1. The molecule has 25 heavy (non-hydrogen) atoms. The molecular formula is C17H15Cl2NO4S. The van der Waals surface area contributed by atoms with Gasteiger partial charge in [-0.3, -0.25) is 4.79 Å². The van der Waals surface area contributed by atoms with Gasteiger partial charge >= 0.3 is 5.97 Å². The number of aliphatic carboxylic acids is 1. The van der Waals surface area contributed by atoms with E-state index in [4.69, 9.17) is 28.9 Å². The van der Waals surface area contributed by atoms with Crippen molar-refractivity contribution in [2.45, 2.75) is 16.1 Å². The standard InChI is InChI=1S/C17H15Cl2NO4S/c18-11-3-1-10(2-4-11)14-15(17(14,9-20)16(21)22)25(23,24)13-7-5-12(19)6-8-13/h1-8,14-15H,9,20H2,(H,21,22)/t14-,15-,17-/m0/s1. The second kappa shape index (κ2) is 6.29. The van der Waals surface area contributed by atoms with Crippen LogP contribution in [-0.4, -0.2) is 31.3 Å². The van der Waals surface area contributed by atoms with Gasteiger partial charge in [0.05, 0.1) is 10.1 Å². The van der Waals surface area contributed by atoms with Gasteiger partial charge in [-0.2, -0.15) is 0 Å². The fourth-order valence-electron chi connectivity index (χ4n) is 3.36. The number of benzene rings is 2. The Balaban J connectivity index is 2.10. The molecular weight excluding hydrogens is 385 g/mol. The normalized spacial score (nSPS) is 25.6. The predicted molar refractivity (Wildman–Crippen MR) is 95.7 cm³/mol. The molecule has 1 fully saturated rings. The lowest BCUT2D eigenvalue weighted by Crippen LogP contribution is -2.31. The molecule has 1 aliphatic carbocycles. The summed E-state index contributed by atoms with van der Waals surface area (Å²) in [5.74, 6) is -1.97. The van der Waals surface area contributed by atoms with Crippen molar-refractivity contribution in [3.05, 3.63) is 64.1 Å². The van der Waals surface area contributed by atoms with E-state index in [1.807, 2.05) is 0 Å². The predicted octanol–water partition coefficient (Wildman–Crippen LogP) is 2.96. The number of sulfone groups is 1. The summed E-state index contributed by atoms with van der Waals surface area (Å²) in [5, 5.41) is 9.45. The summed E-state index contributed by atoms with van der Waals surface area (Å²) in [6.45, 7) is -0.285. The van der Waals surface area contributed by atoms with E-state index < -0.39 is 32.4 Å². The van der Waals surface area contributed by atoms with E-state index in [2.05, 4.69) is 0 Å². The Morgan fingerprint density at radius 3 is 1.96 bits per heavy atom. The topological polar surface area (TPSA) is 97.5 Å². The number of carbonyl (C=O) groups is 1. The van der Waals surface area contributed by atoms with Crippen LogP contribution in [0.5, 0.6) is 0 Å². The molecule has 0 spiro atoms. The molecule has 2 aromatic rings. The summed E-state index contributed by atoms with van der Waals surface area (Å²) in [6, 6.07) is 12.1. The smallest absolute Gasteiger partial charge is 0.312 e. The van der Waals surface area contributed by atoms with Gasteiger partial charge in [0.2, 0.25) is 0 Å². The highest BCUT2D eigenvalue weighted by Gasteiger charge is 2.75. The van der Waals surface area contributed by atoms with Crippen molar-refractivity contribution in [2.24, 2.45) is 11.1 Å². The van der Waals surface area contributed by atoms with E-state index in [0.29, 0.717) is 15.6 Å². The Morgan fingerprint density at radius 1 is 1.04 bits per heavy atom. The first-order valence-corrected chi connectivity index (χ1v) is 9.73. The van der Waals surface area contributed by atoms with Crippen molar-refractivity contribution in [1.82, 2.24) is 0 Å². The average Bonchev–Trinajstić information content (AvgIpc) is 3.27. The van der Waals surface area contributed by atoms with Crippen molar-refractivity contribution < 1.29 is 18.3 Å². The molecule has 0 radical (unpaired) electrons. The first-order valence-electron chi connectivity index (χ1n) is 7.43. The van der Waals surface area contributed by atoms with E-state index in [0.717, 1.165) is 0 Å². The van der Waals surface area contributed by atoms with E-state index in [9.17, 15) is 18.3 Å². The van der Waals surface area contributed by atoms with Gasteiger partial charge in [-0.1, -0.05) is 35.3 Å². The van der Waals surface area contributed by atoms with Crippen LogP contribution in [-0.2, 0) is 14.6 Å². The highest BCUT2D eigenvalue weighted by molar-refractivity contribution is 7.92. The molecule has 1 saturated carbocycles. The van der Waals surface area contributed by atoms with E-state index in [1.54, 1.807) is 24.3 Å². The van der Waals surface area contributed by atoms with Crippen molar-refractivity contribution in [3.8, 4) is 0 Å². The molecule has 0 amide bonds. The monoisotopic (exact) mass is 399 g/mol. The van der Waals surface area contributed by atoms with Crippen molar-refractivity contribution in [1.29, 1.82) is 0 Å². The molecule has 0 bridgehead atoms. The lowest BCUT2D eigenvalue weighted by molar-refractivity contribution is -0.143. The quantitative estimate of drug-likeness (QED) is 0.804. The molecule has 1 aliphatic rings. The Morgan fingerprint density at radius 2 is 1.52 bits per heavy atom. The third kappa shape index (κ3) is 2.83. The van der Waals surface area contributed by atoms with Gasteiger partial charge in [0, 0.05) is 22.5 Å². The Hall–Kier alpha value is -1.60.